The summed E-state index contributed by atoms with van der Waals surface area (Å²) >= 11 is 0. The molecule has 206 valence electrons. The molecule has 1 amide bonds. The van der Waals surface area contributed by atoms with Gasteiger partial charge in [0.05, 0.1) is 16.7 Å². The number of carbonyl (C=O) groups excluding carboxylic acids is 1. The minimum atomic E-state index is -4.93. The number of primary amides is 1. The standard InChI is InChI=1S/C22H23F6NO2.C4H9NO/c1-13-19(20(30)31)11-18(29(13)12-14-5-3-2-4-6-14)9-15-7-16(21(23,24)25)10-17(8-15)22(26,27)28;1-2-3-4(5)6/h7-8,10-11,14H,2-6,9,12H2,1H3,(H,30,31);2-3H2,1H3,(H2,5,6). The van der Waals surface area contributed by atoms with Crippen molar-refractivity contribution in [1.82, 2.24) is 4.57 Å². The third kappa shape index (κ3) is 8.82. The lowest BCUT2D eigenvalue weighted by atomic mass is 9.89. The molecule has 0 spiro atoms. The van der Waals surface area contributed by atoms with Crippen LogP contribution in [0.25, 0.3) is 0 Å². The van der Waals surface area contributed by atoms with Crippen LogP contribution in [0, 0.1) is 12.8 Å². The highest BCUT2D eigenvalue weighted by Gasteiger charge is 2.37. The third-order valence-electron chi connectivity index (χ3n) is 6.38. The van der Waals surface area contributed by atoms with Crippen molar-refractivity contribution in [3.8, 4) is 0 Å². The number of benzene rings is 1. The smallest absolute Gasteiger partial charge is 0.416 e. The first-order valence-electron chi connectivity index (χ1n) is 12.1. The molecule has 1 fully saturated rings. The summed E-state index contributed by atoms with van der Waals surface area (Å²) in [5, 5.41) is 9.47. The molecule has 3 rings (SSSR count). The molecule has 1 aliphatic rings. The Hall–Kier alpha value is -2.98. The summed E-state index contributed by atoms with van der Waals surface area (Å²) in [7, 11) is 0. The topological polar surface area (TPSA) is 85.3 Å². The fourth-order valence-electron chi connectivity index (χ4n) is 4.53. The molecule has 1 aliphatic carbocycles. The number of halogens is 6. The first-order valence-corrected chi connectivity index (χ1v) is 12.1. The Balaban J connectivity index is 0.000000717. The van der Waals surface area contributed by atoms with Crippen molar-refractivity contribution in [3.05, 3.63) is 57.9 Å². The van der Waals surface area contributed by atoms with Crippen molar-refractivity contribution in [2.24, 2.45) is 11.7 Å². The Labute approximate surface area is 211 Å². The molecule has 1 heterocycles. The second-order valence-corrected chi connectivity index (χ2v) is 9.36. The SMILES string of the molecule is CCCC(N)=O.Cc1c(C(=O)O)cc(Cc2cc(C(F)(F)F)cc(C(F)(F)F)c2)n1CC1CCCCC1. The largest absolute Gasteiger partial charge is 0.478 e. The fraction of sp³-hybridized carbons (Fsp3) is 0.538. The zero-order valence-corrected chi connectivity index (χ0v) is 20.8. The number of hydrogen-bond acceptors (Lipinski definition) is 2. The van der Waals surface area contributed by atoms with Crippen LogP contribution in [0.15, 0.2) is 24.3 Å². The van der Waals surface area contributed by atoms with Gasteiger partial charge in [-0.25, -0.2) is 4.79 Å². The van der Waals surface area contributed by atoms with Gasteiger partial charge in [-0.05, 0) is 61.9 Å². The predicted molar refractivity (Wildman–Crippen MR) is 126 cm³/mol. The Bertz CT molecular complexity index is 1050. The van der Waals surface area contributed by atoms with E-state index in [1.54, 1.807) is 11.5 Å². The van der Waals surface area contributed by atoms with Crippen LogP contribution in [-0.4, -0.2) is 21.6 Å². The Morgan fingerprint density at radius 2 is 1.51 bits per heavy atom. The van der Waals surface area contributed by atoms with Gasteiger partial charge in [0, 0.05) is 30.8 Å². The van der Waals surface area contributed by atoms with Gasteiger partial charge in [-0.3, -0.25) is 4.79 Å². The number of alkyl halides is 6. The van der Waals surface area contributed by atoms with Crippen LogP contribution in [0.1, 0.15) is 90.3 Å². The number of nitrogens with zero attached hydrogens (tertiary/aromatic N) is 1. The molecule has 37 heavy (non-hydrogen) atoms. The molecule has 0 atom stereocenters. The maximum Gasteiger partial charge on any atom is 0.416 e. The molecule has 5 nitrogen and oxygen atoms in total. The van der Waals surface area contributed by atoms with Gasteiger partial charge < -0.3 is 15.4 Å². The molecular weight excluding hydrogens is 502 g/mol. The van der Waals surface area contributed by atoms with Crippen LogP contribution in [0.3, 0.4) is 0 Å². The number of rotatable bonds is 7. The van der Waals surface area contributed by atoms with Crippen molar-refractivity contribution in [2.75, 3.05) is 0 Å². The van der Waals surface area contributed by atoms with E-state index in [2.05, 4.69) is 0 Å². The normalized spacial score (nSPS) is 14.7. The van der Waals surface area contributed by atoms with Gasteiger partial charge in [-0.1, -0.05) is 26.2 Å². The number of nitrogens with two attached hydrogens (primary N) is 1. The Morgan fingerprint density at radius 3 is 1.92 bits per heavy atom. The van der Waals surface area contributed by atoms with Gasteiger partial charge in [0.1, 0.15) is 0 Å². The van der Waals surface area contributed by atoms with Crippen molar-refractivity contribution in [3.63, 3.8) is 0 Å². The van der Waals surface area contributed by atoms with Gasteiger partial charge >= 0.3 is 18.3 Å². The molecule has 1 aromatic carbocycles. The third-order valence-corrected chi connectivity index (χ3v) is 6.38. The molecule has 2 aromatic rings. The van der Waals surface area contributed by atoms with Gasteiger partial charge in [0.2, 0.25) is 5.91 Å². The van der Waals surface area contributed by atoms with Crippen LogP contribution in [0.5, 0.6) is 0 Å². The molecule has 3 N–H and O–H groups in total. The van der Waals surface area contributed by atoms with Gasteiger partial charge in [-0.15, -0.1) is 0 Å². The second-order valence-electron chi connectivity index (χ2n) is 9.36. The van der Waals surface area contributed by atoms with Crippen molar-refractivity contribution in [1.29, 1.82) is 0 Å². The molecule has 0 saturated heterocycles. The summed E-state index contributed by atoms with van der Waals surface area (Å²) in [4.78, 5) is 21.4. The summed E-state index contributed by atoms with van der Waals surface area (Å²) < 4.78 is 80.9. The Kier molecular flexibility index (Phi) is 10.2. The van der Waals surface area contributed by atoms with Crippen molar-refractivity contribution < 1.29 is 41.0 Å². The fourth-order valence-corrected chi connectivity index (χ4v) is 4.53. The average molecular weight is 535 g/mol. The van der Waals surface area contributed by atoms with E-state index in [1.807, 2.05) is 6.92 Å². The molecule has 0 radical (unpaired) electrons. The molecular formula is C26H32F6N2O3. The summed E-state index contributed by atoms with van der Waals surface area (Å²) in [5.41, 5.74) is 2.70. The zero-order chi connectivity index (χ0) is 28.0. The number of carbonyl (C=O) groups is 2. The second kappa shape index (κ2) is 12.5. The molecule has 1 saturated carbocycles. The van der Waals surface area contributed by atoms with Crippen LogP contribution < -0.4 is 5.73 Å². The highest BCUT2D eigenvalue weighted by Crippen LogP contribution is 2.37. The minimum absolute atomic E-state index is 0.00818. The van der Waals surface area contributed by atoms with E-state index in [0.717, 1.165) is 38.5 Å². The first kappa shape index (κ1) is 30.2. The highest BCUT2D eigenvalue weighted by atomic mass is 19.4. The lowest BCUT2D eigenvalue weighted by molar-refractivity contribution is -0.143. The lowest BCUT2D eigenvalue weighted by Gasteiger charge is -2.24. The zero-order valence-electron chi connectivity index (χ0n) is 20.8. The van der Waals surface area contributed by atoms with Crippen LogP contribution in [0.4, 0.5) is 26.3 Å². The van der Waals surface area contributed by atoms with Crippen LogP contribution in [0.2, 0.25) is 0 Å². The Morgan fingerprint density at radius 1 is 0.973 bits per heavy atom. The van der Waals surface area contributed by atoms with E-state index < -0.39 is 29.4 Å². The van der Waals surface area contributed by atoms with Crippen LogP contribution >= 0.6 is 0 Å². The maximum atomic E-state index is 13.2. The van der Waals surface area contributed by atoms with Crippen molar-refractivity contribution >= 4 is 11.9 Å². The monoisotopic (exact) mass is 534 g/mol. The summed E-state index contributed by atoms with van der Waals surface area (Å²) in [6.07, 6.45) is -3.57. The quantitative estimate of drug-likeness (QED) is 0.376. The number of aromatic nitrogens is 1. The average Bonchev–Trinajstić information content (AvgIpc) is 3.09. The number of carboxylic acid groups (broad SMARTS) is 1. The number of carboxylic acids is 1. The molecule has 0 unspecified atom stereocenters. The van der Waals surface area contributed by atoms with E-state index in [1.165, 1.54) is 6.07 Å². The lowest BCUT2D eigenvalue weighted by Crippen LogP contribution is -2.17. The van der Waals surface area contributed by atoms with E-state index >= 15 is 0 Å². The van der Waals surface area contributed by atoms with E-state index in [0.29, 0.717) is 42.4 Å². The van der Waals surface area contributed by atoms with Gasteiger partial charge in [0.15, 0.2) is 0 Å². The van der Waals surface area contributed by atoms with Crippen molar-refractivity contribution in [2.45, 2.75) is 84.1 Å². The summed E-state index contributed by atoms with van der Waals surface area (Å²) in [6, 6.07) is 2.85. The van der Waals surface area contributed by atoms with Gasteiger partial charge in [-0.2, -0.15) is 26.3 Å². The molecule has 0 aliphatic heterocycles. The summed E-state index contributed by atoms with van der Waals surface area (Å²) in [5.74, 6) is -1.09. The summed E-state index contributed by atoms with van der Waals surface area (Å²) in [6.45, 7) is 4.04. The minimum Gasteiger partial charge on any atom is -0.478 e. The maximum absolute atomic E-state index is 13.2. The highest BCUT2D eigenvalue weighted by molar-refractivity contribution is 5.89. The molecule has 11 heteroatoms. The van der Waals surface area contributed by atoms with E-state index in [4.69, 9.17) is 5.73 Å². The number of hydrogen-bond donors (Lipinski definition) is 2. The molecule has 0 bridgehead atoms. The van der Waals surface area contributed by atoms with Crippen LogP contribution in [-0.2, 0) is 30.1 Å². The van der Waals surface area contributed by atoms with E-state index in [-0.39, 0.29) is 29.5 Å². The van der Waals surface area contributed by atoms with E-state index in [9.17, 15) is 41.0 Å². The number of aromatic carboxylic acids is 1. The predicted octanol–water partition coefficient (Wildman–Crippen LogP) is 6.98. The van der Waals surface area contributed by atoms with Gasteiger partial charge in [0.25, 0.3) is 0 Å². The molecule has 1 aromatic heterocycles. The number of amides is 1. The first-order chi connectivity index (χ1) is 17.1.